The van der Waals surface area contributed by atoms with Gasteiger partial charge in [0, 0.05) is 18.0 Å². The molecule has 1 N–H and O–H groups in total. The number of aryl methyl sites for hydroxylation is 1. The lowest BCUT2D eigenvalue weighted by atomic mass is 10.1. The molecule has 2 aromatic carbocycles. The molecular weight excluding hydrogens is 375 g/mol. The summed E-state index contributed by atoms with van der Waals surface area (Å²) in [6.45, 7) is 2.17. The molecule has 0 aromatic heterocycles. The van der Waals surface area contributed by atoms with Crippen LogP contribution in [0.5, 0.6) is 5.75 Å². The second kappa shape index (κ2) is 7.56. The summed E-state index contributed by atoms with van der Waals surface area (Å²) < 4.78 is 5.31. The van der Waals surface area contributed by atoms with Gasteiger partial charge in [0.05, 0.1) is 29.4 Å². The lowest BCUT2D eigenvalue weighted by Crippen LogP contribution is -2.28. The molecular formula is C19H18Cl2N2O3. The van der Waals surface area contributed by atoms with Gasteiger partial charge in [-0.15, -0.1) is 0 Å². The first kappa shape index (κ1) is 18.5. The van der Waals surface area contributed by atoms with Crippen molar-refractivity contribution in [3.8, 4) is 5.75 Å². The van der Waals surface area contributed by atoms with Gasteiger partial charge < -0.3 is 15.0 Å². The molecule has 1 heterocycles. The number of halogens is 2. The lowest BCUT2D eigenvalue weighted by molar-refractivity contribution is -0.122. The average Bonchev–Trinajstić information content (AvgIpc) is 2.99. The molecule has 1 aliphatic heterocycles. The number of rotatable bonds is 4. The van der Waals surface area contributed by atoms with E-state index in [4.69, 9.17) is 27.9 Å². The second-order valence-electron chi connectivity index (χ2n) is 6.19. The average molecular weight is 393 g/mol. The van der Waals surface area contributed by atoms with Crippen molar-refractivity contribution in [2.75, 3.05) is 23.9 Å². The van der Waals surface area contributed by atoms with E-state index in [-0.39, 0.29) is 24.8 Å². The van der Waals surface area contributed by atoms with Gasteiger partial charge in [0.15, 0.2) is 0 Å². The number of nitrogens with zero attached hydrogens (tertiary/aromatic N) is 1. The molecule has 7 heteroatoms. The minimum absolute atomic E-state index is 0.116. The number of nitrogens with one attached hydrogen (secondary N) is 1. The summed E-state index contributed by atoms with van der Waals surface area (Å²) in [6, 6.07) is 10.4. The molecule has 1 fully saturated rings. The van der Waals surface area contributed by atoms with Crippen molar-refractivity contribution in [3.05, 3.63) is 52.0 Å². The zero-order valence-electron chi connectivity index (χ0n) is 14.4. The third-order valence-electron chi connectivity index (χ3n) is 4.31. The molecule has 0 radical (unpaired) electrons. The van der Waals surface area contributed by atoms with Crippen LogP contribution in [-0.2, 0) is 9.59 Å². The van der Waals surface area contributed by atoms with E-state index in [0.717, 1.165) is 5.56 Å². The molecule has 2 aromatic rings. The van der Waals surface area contributed by atoms with Crippen LogP contribution in [0.4, 0.5) is 11.4 Å². The first-order valence-corrected chi connectivity index (χ1v) is 8.85. The highest BCUT2D eigenvalue weighted by atomic mass is 35.5. The second-order valence-corrected chi connectivity index (χ2v) is 7.04. The maximum absolute atomic E-state index is 12.6. The van der Waals surface area contributed by atoms with Crippen molar-refractivity contribution >= 4 is 46.4 Å². The minimum atomic E-state index is -0.483. The van der Waals surface area contributed by atoms with Gasteiger partial charge >= 0.3 is 0 Å². The predicted molar refractivity (Wildman–Crippen MR) is 103 cm³/mol. The predicted octanol–water partition coefficient (Wildman–Crippen LogP) is 4.30. The Morgan fingerprint density at radius 3 is 2.69 bits per heavy atom. The Bertz CT molecular complexity index is 870. The Morgan fingerprint density at radius 1 is 1.23 bits per heavy atom. The van der Waals surface area contributed by atoms with E-state index in [1.807, 2.05) is 13.0 Å². The van der Waals surface area contributed by atoms with Crippen LogP contribution in [0, 0.1) is 12.8 Å². The molecule has 2 amide bonds. The normalized spacial score (nSPS) is 16.7. The molecule has 0 spiro atoms. The van der Waals surface area contributed by atoms with Crippen molar-refractivity contribution in [1.29, 1.82) is 0 Å². The van der Waals surface area contributed by atoms with Crippen molar-refractivity contribution in [1.82, 2.24) is 0 Å². The smallest absolute Gasteiger partial charge is 0.229 e. The van der Waals surface area contributed by atoms with E-state index in [1.54, 1.807) is 30.3 Å². The van der Waals surface area contributed by atoms with Crippen LogP contribution >= 0.6 is 23.2 Å². The van der Waals surface area contributed by atoms with E-state index in [0.29, 0.717) is 27.2 Å². The summed E-state index contributed by atoms with van der Waals surface area (Å²) in [7, 11) is 1.52. The van der Waals surface area contributed by atoms with Gasteiger partial charge in [-0.1, -0.05) is 29.3 Å². The van der Waals surface area contributed by atoms with E-state index in [2.05, 4.69) is 5.32 Å². The van der Waals surface area contributed by atoms with Gasteiger partial charge in [-0.05, 0) is 42.8 Å². The summed E-state index contributed by atoms with van der Waals surface area (Å²) in [5.41, 5.74) is 2.10. The number of carbonyl (C=O) groups is 2. The molecule has 136 valence electrons. The monoisotopic (exact) mass is 392 g/mol. The summed E-state index contributed by atoms with van der Waals surface area (Å²) in [4.78, 5) is 26.6. The van der Waals surface area contributed by atoms with E-state index >= 15 is 0 Å². The Morgan fingerprint density at radius 2 is 2.00 bits per heavy atom. The molecule has 1 aliphatic rings. The number of hydrogen-bond donors (Lipinski definition) is 1. The number of carbonyl (C=O) groups excluding carboxylic acids is 2. The van der Waals surface area contributed by atoms with Crippen molar-refractivity contribution in [2.45, 2.75) is 13.3 Å². The number of hydrogen-bond acceptors (Lipinski definition) is 3. The number of ether oxygens (including phenoxy) is 1. The molecule has 1 atom stereocenters. The number of amides is 2. The van der Waals surface area contributed by atoms with E-state index in [1.165, 1.54) is 12.0 Å². The zero-order valence-corrected chi connectivity index (χ0v) is 15.9. The van der Waals surface area contributed by atoms with Crippen LogP contribution in [0.15, 0.2) is 36.4 Å². The van der Waals surface area contributed by atoms with Crippen LogP contribution in [0.25, 0.3) is 0 Å². The fourth-order valence-corrected chi connectivity index (χ4v) is 3.40. The van der Waals surface area contributed by atoms with Gasteiger partial charge in [0.2, 0.25) is 11.8 Å². The van der Waals surface area contributed by atoms with Crippen LogP contribution in [-0.4, -0.2) is 25.5 Å². The van der Waals surface area contributed by atoms with Gasteiger partial charge in [-0.2, -0.15) is 0 Å². The highest BCUT2D eigenvalue weighted by Crippen LogP contribution is 2.35. The first-order valence-electron chi connectivity index (χ1n) is 8.10. The van der Waals surface area contributed by atoms with Gasteiger partial charge in [-0.3, -0.25) is 9.59 Å². The van der Waals surface area contributed by atoms with Crippen LogP contribution in [0.3, 0.4) is 0 Å². The third-order valence-corrected chi connectivity index (χ3v) is 4.86. The molecule has 0 unspecified atom stereocenters. The SMILES string of the molecule is COc1ccc(Cl)cc1N1C[C@H](C(=O)Nc2ccc(C)cc2Cl)CC1=O. The Balaban J connectivity index is 1.77. The summed E-state index contributed by atoms with van der Waals surface area (Å²) in [5.74, 6) is -0.345. The molecule has 0 aliphatic carbocycles. The van der Waals surface area contributed by atoms with Gasteiger partial charge in [0.1, 0.15) is 5.75 Å². The number of anilines is 2. The molecule has 26 heavy (non-hydrogen) atoms. The highest BCUT2D eigenvalue weighted by Gasteiger charge is 2.36. The van der Waals surface area contributed by atoms with Crippen molar-refractivity contribution in [2.24, 2.45) is 5.92 Å². The lowest BCUT2D eigenvalue weighted by Gasteiger charge is -2.20. The molecule has 3 rings (SSSR count). The number of benzene rings is 2. The molecule has 1 saturated heterocycles. The van der Waals surface area contributed by atoms with E-state index in [9.17, 15) is 9.59 Å². The summed E-state index contributed by atoms with van der Waals surface area (Å²) >= 11 is 12.2. The maximum atomic E-state index is 12.6. The van der Waals surface area contributed by atoms with Gasteiger partial charge in [-0.25, -0.2) is 0 Å². The Labute approximate surface area is 161 Å². The first-order chi connectivity index (χ1) is 12.4. The standard InChI is InChI=1S/C19H18Cl2N2O3/c1-11-3-5-15(14(21)7-11)22-19(25)12-8-18(24)23(10-12)16-9-13(20)4-6-17(16)26-2/h3-7,9,12H,8,10H2,1-2H3,(H,22,25)/t12-/m1/s1. The molecule has 0 bridgehead atoms. The van der Waals surface area contributed by atoms with Gasteiger partial charge in [0.25, 0.3) is 0 Å². The minimum Gasteiger partial charge on any atom is -0.495 e. The fourth-order valence-electron chi connectivity index (χ4n) is 2.95. The van der Waals surface area contributed by atoms with Crippen molar-refractivity contribution < 1.29 is 14.3 Å². The largest absolute Gasteiger partial charge is 0.495 e. The fraction of sp³-hybridized carbons (Fsp3) is 0.263. The summed E-state index contributed by atoms with van der Waals surface area (Å²) in [6.07, 6.45) is 0.116. The van der Waals surface area contributed by atoms with E-state index < -0.39 is 5.92 Å². The Kier molecular flexibility index (Phi) is 5.39. The zero-order chi connectivity index (χ0) is 18.8. The van der Waals surface area contributed by atoms with Crippen molar-refractivity contribution in [3.63, 3.8) is 0 Å². The highest BCUT2D eigenvalue weighted by molar-refractivity contribution is 6.33. The molecule has 5 nitrogen and oxygen atoms in total. The van der Waals surface area contributed by atoms with Crippen LogP contribution < -0.4 is 15.0 Å². The van der Waals surface area contributed by atoms with Crippen LogP contribution in [0.1, 0.15) is 12.0 Å². The quantitative estimate of drug-likeness (QED) is 0.843. The maximum Gasteiger partial charge on any atom is 0.229 e. The topological polar surface area (TPSA) is 58.6 Å². The summed E-state index contributed by atoms with van der Waals surface area (Å²) in [5, 5.41) is 3.77. The number of methoxy groups -OCH3 is 1. The molecule has 0 saturated carbocycles. The Hall–Kier alpha value is -2.24. The third kappa shape index (κ3) is 3.79. The van der Waals surface area contributed by atoms with Crippen LogP contribution in [0.2, 0.25) is 10.0 Å².